The maximum absolute atomic E-state index is 13.1. The molecule has 0 saturated heterocycles. The fourth-order valence-electron chi connectivity index (χ4n) is 3.67. The second-order valence-corrected chi connectivity index (χ2v) is 8.53. The summed E-state index contributed by atoms with van der Waals surface area (Å²) in [6.07, 6.45) is 0. The molecule has 0 N–H and O–H groups in total. The van der Waals surface area contributed by atoms with Crippen molar-refractivity contribution < 1.29 is 0 Å². The van der Waals surface area contributed by atoms with E-state index in [0.29, 0.717) is 18.5 Å². The molecule has 1 heterocycles. The first-order chi connectivity index (χ1) is 13.3. The maximum atomic E-state index is 13.1. The minimum absolute atomic E-state index is 0.0241. The number of aromatic nitrogens is 2. The van der Waals surface area contributed by atoms with Crippen LogP contribution in [-0.4, -0.2) is 27.8 Å². The van der Waals surface area contributed by atoms with Crippen LogP contribution < -0.4 is 5.56 Å². The summed E-state index contributed by atoms with van der Waals surface area (Å²) in [5, 5.41) is 6.45. The Kier molecular flexibility index (Phi) is 6.30. The molecule has 1 aromatic heterocycles. The van der Waals surface area contributed by atoms with Gasteiger partial charge in [0, 0.05) is 24.0 Å². The van der Waals surface area contributed by atoms with Crippen molar-refractivity contribution in [1.29, 1.82) is 0 Å². The second kappa shape index (κ2) is 8.70. The minimum atomic E-state index is -0.0241. The van der Waals surface area contributed by atoms with Gasteiger partial charge in [0.05, 0.1) is 17.7 Å². The molecule has 0 radical (unpaired) electrons. The molecule has 0 aliphatic heterocycles. The van der Waals surface area contributed by atoms with Gasteiger partial charge in [0.15, 0.2) is 0 Å². The van der Waals surface area contributed by atoms with Crippen LogP contribution in [0.3, 0.4) is 0 Å². The highest BCUT2D eigenvalue weighted by Crippen LogP contribution is 2.25. The van der Waals surface area contributed by atoms with E-state index in [-0.39, 0.29) is 5.56 Å². The lowest BCUT2D eigenvalue weighted by Gasteiger charge is -2.26. The molecule has 0 aliphatic rings. The van der Waals surface area contributed by atoms with Gasteiger partial charge >= 0.3 is 0 Å². The second-order valence-electron chi connectivity index (χ2n) is 8.53. The van der Waals surface area contributed by atoms with Crippen LogP contribution in [0.4, 0.5) is 0 Å². The van der Waals surface area contributed by atoms with Crippen molar-refractivity contribution in [2.24, 2.45) is 11.8 Å². The molecule has 28 heavy (non-hydrogen) atoms. The predicted molar refractivity (Wildman–Crippen MR) is 117 cm³/mol. The molecule has 148 valence electrons. The fourth-order valence-corrected chi connectivity index (χ4v) is 3.67. The molecule has 2 aromatic carbocycles. The van der Waals surface area contributed by atoms with E-state index in [1.54, 1.807) is 4.68 Å². The Hall–Kier alpha value is -2.46. The molecule has 0 unspecified atom stereocenters. The van der Waals surface area contributed by atoms with Gasteiger partial charge < -0.3 is 0 Å². The topological polar surface area (TPSA) is 38.1 Å². The summed E-state index contributed by atoms with van der Waals surface area (Å²) in [6, 6.07) is 16.1. The molecule has 0 fully saturated rings. The third-order valence-electron chi connectivity index (χ3n) is 4.77. The number of hydrogen-bond acceptors (Lipinski definition) is 3. The Morgan fingerprint density at radius 2 is 1.46 bits per heavy atom. The third kappa shape index (κ3) is 4.68. The first-order valence-electron chi connectivity index (χ1n) is 10.1. The van der Waals surface area contributed by atoms with Crippen molar-refractivity contribution in [3.8, 4) is 11.3 Å². The summed E-state index contributed by atoms with van der Waals surface area (Å²) < 4.78 is 1.64. The lowest BCUT2D eigenvalue weighted by Crippen LogP contribution is -2.38. The number of hydrogen-bond donors (Lipinski definition) is 0. The molecule has 0 amide bonds. The summed E-state index contributed by atoms with van der Waals surface area (Å²) in [5.74, 6) is 1.07. The number of nitrogens with zero attached hydrogens (tertiary/aromatic N) is 3. The molecule has 0 spiro atoms. The van der Waals surface area contributed by atoms with Crippen molar-refractivity contribution in [1.82, 2.24) is 14.7 Å². The molecule has 0 aliphatic carbocycles. The van der Waals surface area contributed by atoms with Crippen LogP contribution in [0, 0.1) is 18.8 Å². The fraction of sp³-hybridized carbons (Fsp3) is 0.417. The van der Waals surface area contributed by atoms with E-state index in [9.17, 15) is 4.79 Å². The largest absolute Gasteiger partial charge is 0.284 e. The van der Waals surface area contributed by atoms with Crippen LogP contribution in [0.2, 0.25) is 0 Å². The molecule has 4 nitrogen and oxygen atoms in total. The number of aryl methyl sites for hydroxylation is 1. The average molecular weight is 378 g/mol. The first-order valence-corrected chi connectivity index (χ1v) is 10.1. The van der Waals surface area contributed by atoms with Crippen LogP contribution in [0.15, 0.2) is 53.3 Å². The van der Waals surface area contributed by atoms with E-state index < -0.39 is 0 Å². The normalized spacial score (nSPS) is 11.9. The summed E-state index contributed by atoms with van der Waals surface area (Å²) in [7, 11) is 0. The van der Waals surface area contributed by atoms with Crippen molar-refractivity contribution in [2.75, 3.05) is 13.1 Å². The summed E-state index contributed by atoms with van der Waals surface area (Å²) in [4.78, 5) is 15.5. The highest BCUT2D eigenvalue weighted by molar-refractivity contribution is 5.93. The van der Waals surface area contributed by atoms with E-state index in [0.717, 1.165) is 35.1 Å². The summed E-state index contributed by atoms with van der Waals surface area (Å²) in [5.41, 5.74) is 3.09. The zero-order valence-electron chi connectivity index (χ0n) is 17.6. The molecular formula is C24H31N3O. The molecule has 3 aromatic rings. The summed E-state index contributed by atoms with van der Waals surface area (Å²) in [6.45, 7) is 13.3. The molecular weight excluding hydrogens is 346 g/mol. The molecule has 4 heteroatoms. The Morgan fingerprint density at radius 3 is 2.04 bits per heavy atom. The number of benzene rings is 2. The highest BCUT2D eigenvalue weighted by Gasteiger charge is 2.16. The van der Waals surface area contributed by atoms with E-state index >= 15 is 0 Å². The van der Waals surface area contributed by atoms with Crippen molar-refractivity contribution >= 4 is 10.8 Å². The van der Waals surface area contributed by atoms with Crippen LogP contribution in [0.25, 0.3) is 22.0 Å². The summed E-state index contributed by atoms with van der Waals surface area (Å²) >= 11 is 0. The minimum Gasteiger partial charge on any atom is -0.284 e. The lowest BCUT2D eigenvalue weighted by molar-refractivity contribution is 0.163. The predicted octanol–water partition coefficient (Wildman–Crippen LogP) is 4.94. The van der Waals surface area contributed by atoms with E-state index in [1.165, 1.54) is 5.56 Å². The molecule has 0 atom stereocenters. The Morgan fingerprint density at radius 1 is 0.893 bits per heavy atom. The zero-order chi connectivity index (χ0) is 20.3. The van der Waals surface area contributed by atoms with E-state index in [4.69, 9.17) is 5.10 Å². The zero-order valence-corrected chi connectivity index (χ0v) is 17.6. The van der Waals surface area contributed by atoms with Gasteiger partial charge in [-0.05, 0) is 24.8 Å². The smallest absolute Gasteiger partial charge is 0.275 e. The SMILES string of the molecule is Cc1ccc(-c2nn(CN(CC(C)C)CC(C)C)c(=O)c3ccccc23)cc1. The number of rotatable bonds is 7. The van der Waals surface area contributed by atoms with Crippen LogP contribution in [-0.2, 0) is 6.67 Å². The lowest BCUT2D eigenvalue weighted by atomic mass is 10.0. The van der Waals surface area contributed by atoms with Crippen molar-refractivity contribution in [3.05, 3.63) is 64.4 Å². The molecule has 3 rings (SSSR count). The first kappa shape index (κ1) is 20.3. The van der Waals surface area contributed by atoms with Crippen molar-refractivity contribution in [2.45, 2.75) is 41.3 Å². The van der Waals surface area contributed by atoms with Gasteiger partial charge in [-0.1, -0.05) is 75.7 Å². The molecule has 0 saturated carbocycles. The maximum Gasteiger partial charge on any atom is 0.275 e. The Balaban J connectivity index is 2.11. The van der Waals surface area contributed by atoms with Crippen LogP contribution in [0.1, 0.15) is 33.3 Å². The van der Waals surface area contributed by atoms with Gasteiger partial charge in [0.25, 0.3) is 5.56 Å². The van der Waals surface area contributed by atoms with E-state index in [2.05, 4.69) is 63.8 Å². The third-order valence-corrected chi connectivity index (χ3v) is 4.77. The molecule has 0 bridgehead atoms. The van der Waals surface area contributed by atoms with E-state index in [1.807, 2.05) is 24.3 Å². The quantitative estimate of drug-likeness (QED) is 0.585. The van der Waals surface area contributed by atoms with Crippen molar-refractivity contribution in [3.63, 3.8) is 0 Å². The number of fused-ring (bicyclic) bond motifs is 1. The van der Waals surface area contributed by atoms with Crippen LogP contribution >= 0.6 is 0 Å². The highest BCUT2D eigenvalue weighted by atomic mass is 16.1. The van der Waals surface area contributed by atoms with Gasteiger partial charge in [-0.25, -0.2) is 4.68 Å². The van der Waals surface area contributed by atoms with Gasteiger partial charge in [0.1, 0.15) is 0 Å². The van der Waals surface area contributed by atoms with Gasteiger partial charge in [-0.15, -0.1) is 0 Å². The van der Waals surface area contributed by atoms with Gasteiger partial charge in [-0.3, -0.25) is 9.69 Å². The van der Waals surface area contributed by atoms with Crippen LogP contribution in [0.5, 0.6) is 0 Å². The Labute approximate surface area is 167 Å². The Bertz CT molecular complexity index is 977. The van der Waals surface area contributed by atoms with Gasteiger partial charge in [0.2, 0.25) is 0 Å². The van der Waals surface area contributed by atoms with Gasteiger partial charge in [-0.2, -0.15) is 5.10 Å². The monoisotopic (exact) mass is 377 g/mol. The standard InChI is InChI=1S/C24H31N3O/c1-17(2)14-26(15-18(3)4)16-27-24(28)22-9-7-6-8-21(22)23(25-27)20-12-10-19(5)11-13-20/h6-13,17-18H,14-16H2,1-5H3. The average Bonchev–Trinajstić information content (AvgIpc) is 2.64.